The van der Waals surface area contributed by atoms with Gasteiger partial charge in [-0.25, -0.2) is 0 Å². The third-order valence-electron chi connectivity index (χ3n) is 3.86. The summed E-state index contributed by atoms with van der Waals surface area (Å²) in [5.74, 6) is 1.42. The first-order chi connectivity index (χ1) is 10.0. The number of ether oxygens (including phenoxy) is 1. The molecule has 0 heterocycles. The second-order valence-corrected chi connectivity index (χ2v) is 7.16. The fourth-order valence-corrected chi connectivity index (χ4v) is 2.38. The minimum absolute atomic E-state index is 0.0196. The molecule has 0 aromatic heterocycles. The van der Waals surface area contributed by atoms with Crippen LogP contribution in [0, 0.1) is 11.8 Å². The predicted octanol–water partition coefficient (Wildman–Crippen LogP) is 6.13. The number of hydrogen-bond donors (Lipinski definition) is 0. The molecule has 0 bridgehead atoms. The highest BCUT2D eigenvalue weighted by atomic mass is 16.5. The molecule has 0 amide bonds. The molecular formula is C19H38O2. The summed E-state index contributed by atoms with van der Waals surface area (Å²) >= 11 is 0. The van der Waals surface area contributed by atoms with Crippen molar-refractivity contribution in [1.29, 1.82) is 0 Å². The number of unbranched alkanes of at least 4 members (excludes halogenated alkanes) is 7. The second kappa shape index (κ2) is 14.4. The van der Waals surface area contributed by atoms with Gasteiger partial charge in [0.15, 0.2) is 0 Å². The number of rotatable bonds is 14. The summed E-state index contributed by atoms with van der Waals surface area (Å²) in [6, 6.07) is 0. The molecule has 0 N–H and O–H groups in total. The van der Waals surface area contributed by atoms with Crippen LogP contribution >= 0.6 is 0 Å². The fourth-order valence-electron chi connectivity index (χ4n) is 2.38. The van der Waals surface area contributed by atoms with Crippen LogP contribution in [0.15, 0.2) is 0 Å². The van der Waals surface area contributed by atoms with E-state index in [1.807, 2.05) is 0 Å². The molecule has 126 valence electrons. The zero-order valence-electron chi connectivity index (χ0n) is 15.0. The van der Waals surface area contributed by atoms with Crippen LogP contribution in [0.3, 0.4) is 0 Å². The molecule has 0 aromatic carbocycles. The molecular weight excluding hydrogens is 260 g/mol. The van der Waals surface area contributed by atoms with Gasteiger partial charge in [0.2, 0.25) is 0 Å². The van der Waals surface area contributed by atoms with E-state index in [9.17, 15) is 4.79 Å². The molecule has 21 heavy (non-hydrogen) atoms. The summed E-state index contributed by atoms with van der Waals surface area (Å²) in [7, 11) is 0. The maximum atomic E-state index is 11.4. The standard InChI is InChI=1S/C19H38O2/c1-17(2)13-11-9-7-5-6-8-10-12-16-21-19(20)15-14-18(3)4/h17-18H,5-16H2,1-4H3. The molecule has 0 atom stereocenters. The molecule has 0 aliphatic rings. The summed E-state index contributed by atoms with van der Waals surface area (Å²) in [5.41, 5.74) is 0. The molecule has 2 heteroatoms. The van der Waals surface area contributed by atoms with Gasteiger partial charge in [-0.05, 0) is 24.7 Å². The smallest absolute Gasteiger partial charge is 0.305 e. The highest BCUT2D eigenvalue weighted by molar-refractivity contribution is 5.69. The van der Waals surface area contributed by atoms with Crippen molar-refractivity contribution in [2.75, 3.05) is 6.61 Å². The largest absolute Gasteiger partial charge is 0.466 e. The van der Waals surface area contributed by atoms with E-state index in [-0.39, 0.29) is 5.97 Å². The van der Waals surface area contributed by atoms with Crippen molar-refractivity contribution in [3.8, 4) is 0 Å². The molecule has 0 saturated heterocycles. The highest BCUT2D eigenvalue weighted by Gasteiger charge is 2.04. The SMILES string of the molecule is CC(C)CCCCCCCCCCOC(=O)CCC(C)C. The molecule has 0 spiro atoms. The maximum absolute atomic E-state index is 11.4. The summed E-state index contributed by atoms with van der Waals surface area (Å²) in [5, 5.41) is 0. The van der Waals surface area contributed by atoms with Crippen molar-refractivity contribution in [3.05, 3.63) is 0 Å². The molecule has 0 radical (unpaired) electrons. The van der Waals surface area contributed by atoms with Crippen molar-refractivity contribution in [2.45, 2.75) is 98.3 Å². The van der Waals surface area contributed by atoms with Gasteiger partial charge in [-0.1, -0.05) is 79.1 Å². The van der Waals surface area contributed by atoms with Crippen LogP contribution in [0.4, 0.5) is 0 Å². The third kappa shape index (κ3) is 17.4. The average Bonchev–Trinajstić information content (AvgIpc) is 2.42. The predicted molar refractivity (Wildman–Crippen MR) is 91.4 cm³/mol. The van der Waals surface area contributed by atoms with Crippen molar-refractivity contribution in [3.63, 3.8) is 0 Å². The molecule has 0 saturated carbocycles. The van der Waals surface area contributed by atoms with Gasteiger partial charge in [-0.15, -0.1) is 0 Å². The average molecular weight is 299 g/mol. The van der Waals surface area contributed by atoms with E-state index in [0.29, 0.717) is 18.9 Å². The number of esters is 1. The molecule has 0 aromatic rings. The van der Waals surface area contributed by atoms with Crippen LogP contribution in [0.25, 0.3) is 0 Å². The molecule has 0 rings (SSSR count). The minimum atomic E-state index is -0.0196. The fraction of sp³-hybridized carbons (Fsp3) is 0.947. The van der Waals surface area contributed by atoms with Gasteiger partial charge in [0.05, 0.1) is 6.61 Å². The van der Waals surface area contributed by atoms with Gasteiger partial charge >= 0.3 is 5.97 Å². The number of carbonyl (C=O) groups excluding carboxylic acids is 1. The number of carbonyl (C=O) groups is 1. The van der Waals surface area contributed by atoms with E-state index in [4.69, 9.17) is 4.74 Å². The van der Waals surface area contributed by atoms with E-state index >= 15 is 0 Å². The number of hydrogen-bond acceptors (Lipinski definition) is 2. The zero-order chi connectivity index (χ0) is 15.9. The summed E-state index contributed by atoms with van der Waals surface area (Å²) < 4.78 is 5.24. The lowest BCUT2D eigenvalue weighted by molar-refractivity contribution is -0.144. The Morgan fingerprint density at radius 2 is 1.19 bits per heavy atom. The quantitative estimate of drug-likeness (QED) is 0.285. The van der Waals surface area contributed by atoms with E-state index in [2.05, 4.69) is 27.7 Å². The third-order valence-corrected chi connectivity index (χ3v) is 3.86. The van der Waals surface area contributed by atoms with E-state index < -0.39 is 0 Å². The van der Waals surface area contributed by atoms with Crippen molar-refractivity contribution in [1.82, 2.24) is 0 Å². The zero-order valence-corrected chi connectivity index (χ0v) is 15.0. The molecule has 0 fully saturated rings. The Morgan fingerprint density at radius 3 is 1.71 bits per heavy atom. The first-order valence-corrected chi connectivity index (χ1v) is 9.18. The Morgan fingerprint density at radius 1 is 0.714 bits per heavy atom. The summed E-state index contributed by atoms with van der Waals surface area (Å²) in [6.07, 6.45) is 13.3. The van der Waals surface area contributed by atoms with Crippen LogP contribution in [0.2, 0.25) is 0 Å². The Bertz CT molecular complexity index is 234. The minimum Gasteiger partial charge on any atom is -0.466 e. The van der Waals surface area contributed by atoms with Crippen LogP contribution < -0.4 is 0 Å². The van der Waals surface area contributed by atoms with Crippen LogP contribution in [0.5, 0.6) is 0 Å². The van der Waals surface area contributed by atoms with E-state index in [1.54, 1.807) is 0 Å². The van der Waals surface area contributed by atoms with Crippen LogP contribution in [-0.2, 0) is 9.53 Å². The second-order valence-electron chi connectivity index (χ2n) is 7.16. The van der Waals surface area contributed by atoms with Crippen molar-refractivity contribution in [2.24, 2.45) is 11.8 Å². The molecule has 2 nitrogen and oxygen atoms in total. The Kier molecular flexibility index (Phi) is 14.0. The molecule has 0 aliphatic carbocycles. The lowest BCUT2D eigenvalue weighted by atomic mass is 10.0. The first kappa shape index (κ1) is 20.5. The van der Waals surface area contributed by atoms with Gasteiger partial charge in [0.25, 0.3) is 0 Å². The van der Waals surface area contributed by atoms with Crippen molar-refractivity contribution < 1.29 is 9.53 Å². The van der Waals surface area contributed by atoms with Crippen LogP contribution in [0.1, 0.15) is 98.3 Å². The topological polar surface area (TPSA) is 26.3 Å². The lowest BCUT2D eigenvalue weighted by Crippen LogP contribution is -2.06. The van der Waals surface area contributed by atoms with Crippen molar-refractivity contribution >= 4 is 5.97 Å². The molecule has 0 unspecified atom stereocenters. The van der Waals surface area contributed by atoms with Gasteiger partial charge < -0.3 is 4.74 Å². The molecule has 0 aliphatic heterocycles. The van der Waals surface area contributed by atoms with Crippen LogP contribution in [-0.4, -0.2) is 12.6 Å². The normalized spacial score (nSPS) is 11.3. The van der Waals surface area contributed by atoms with Gasteiger partial charge in [-0.2, -0.15) is 0 Å². The Labute approximate surface area is 133 Å². The lowest BCUT2D eigenvalue weighted by Gasteiger charge is -2.06. The van der Waals surface area contributed by atoms with Gasteiger partial charge in [0.1, 0.15) is 0 Å². The monoisotopic (exact) mass is 298 g/mol. The first-order valence-electron chi connectivity index (χ1n) is 9.18. The summed E-state index contributed by atoms with van der Waals surface area (Å²) in [4.78, 5) is 11.4. The Balaban J connectivity index is 3.13. The Hall–Kier alpha value is -0.530. The highest BCUT2D eigenvalue weighted by Crippen LogP contribution is 2.12. The van der Waals surface area contributed by atoms with Gasteiger partial charge in [-0.3, -0.25) is 4.79 Å². The summed E-state index contributed by atoms with van der Waals surface area (Å²) in [6.45, 7) is 9.49. The maximum Gasteiger partial charge on any atom is 0.305 e. The van der Waals surface area contributed by atoms with E-state index in [1.165, 1.54) is 51.4 Å². The van der Waals surface area contributed by atoms with E-state index in [0.717, 1.165) is 18.8 Å². The van der Waals surface area contributed by atoms with Gasteiger partial charge in [0, 0.05) is 6.42 Å².